The Bertz CT molecular complexity index is 1260. The lowest BCUT2D eigenvalue weighted by atomic mass is 10.1. The number of hydrogen-bond acceptors (Lipinski definition) is 5. The standard InChI is InChI=1S/C27H25FN2O5/c1-17-8-10-21(28)25(12-17)34-15-23(31)20-9-11-24-22(13-20)30(27(33)16-35-24)14-26(32)29-18(2)19-6-4-3-5-7-19/h3-13,18H,14-16H2,1-2H3,(H,29,32). The van der Waals surface area contributed by atoms with E-state index in [1.54, 1.807) is 25.1 Å². The van der Waals surface area contributed by atoms with Crippen LogP contribution < -0.4 is 19.7 Å². The van der Waals surface area contributed by atoms with Crippen molar-refractivity contribution in [1.82, 2.24) is 5.32 Å². The molecule has 180 valence electrons. The van der Waals surface area contributed by atoms with Crippen LogP contribution in [0.2, 0.25) is 0 Å². The zero-order valence-corrected chi connectivity index (χ0v) is 19.4. The van der Waals surface area contributed by atoms with Gasteiger partial charge in [0.15, 0.2) is 30.6 Å². The highest BCUT2D eigenvalue weighted by Gasteiger charge is 2.29. The van der Waals surface area contributed by atoms with Gasteiger partial charge in [0.05, 0.1) is 11.7 Å². The van der Waals surface area contributed by atoms with E-state index in [2.05, 4.69) is 5.32 Å². The van der Waals surface area contributed by atoms with Gasteiger partial charge < -0.3 is 14.8 Å². The molecule has 3 aromatic rings. The van der Waals surface area contributed by atoms with E-state index in [1.807, 2.05) is 37.3 Å². The fraction of sp³-hybridized carbons (Fsp3) is 0.222. The number of benzene rings is 3. The van der Waals surface area contributed by atoms with Crippen LogP contribution in [0.4, 0.5) is 10.1 Å². The summed E-state index contributed by atoms with van der Waals surface area (Å²) in [7, 11) is 0. The first-order chi connectivity index (χ1) is 16.8. The normalized spacial score (nSPS) is 13.5. The fourth-order valence-corrected chi connectivity index (χ4v) is 3.75. The average molecular weight is 477 g/mol. The highest BCUT2D eigenvalue weighted by molar-refractivity contribution is 6.04. The van der Waals surface area contributed by atoms with Crippen LogP contribution in [-0.4, -0.2) is 37.4 Å². The van der Waals surface area contributed by atoms with Crippen molar-refractivity contribution in [2.24, 2.45) is 0 Å². The number of halogens is 1. The average Bonchev–Trinajstić information content (AvgIpc) is 2.86. The second-order valence-corrected chi connectivity index (χ2v) is 8.30. The minimum atomic E-state index is -0.560. The molecule has 2 amide bonds. The number of carbonyl (C=O) groups excluding carboxylic acids is 3. The summed E-state index contributed by atoms with van der Waals surface area (Å²) in [6, 6.07) is 18.2. The van der Waals surface area contributed by atoms with Gasteiger partial charge in [0.25, 0.3) is 5.91 Å². The molecule has 3 aromatic carbocycles. The van der Waals surface area contributed by atoms with Crippen LogP contribution in [0.5, 0.6) is 11.5 Å². The maximum absolute atomic E-state index is 13.9. The smallest absolute Gasteiger partial charge is 0.265 e. The second kappa shape index (κ2) is 10.4. The summed E-state index contributed by atoms with van der Waals surface area (Å²) in [6.45, 7) is 2.83. The predicted octanol–water partition coefficient (Wildman–Crippen LogP) is 4.00. The van der Waals surface area contributed by atoms with Crippen molar-refractivity contribution in [1.29, 1.82) is 0 Å². The molecule has 0 fully saturated rings. The molecule has 0 saturated carbocycles. The number of carbonyl (C=O) groups is 3. The number of nitrogens with zero attached hydrogens (tertiary/aromatic N) is 1. The zero-order chi connectivity index (χ0) is 24.9. The van der Waals surface area contributed by atoms with Crippen LogP contribution in [0.3, 0.4) is 0 Å². The van der Waals surface area contributed by atoms with Crippen molar-refractivity contribution in [3.8, 4) is 11.5 Å². The molecule has 1 N–H and O–H groups in total. The topological polar surface area (TPSA) is 84.9 Å². The first kappa shape index (κ1) is 23.9. The van der Waals surface area contributed by atoms with Crippen molar-refractivity contribution >= 4 is 23.3 Å². The van der Waals surface area contributed by atoms with Crippen LogP contribution in [0.25, 0.3) is 0 Å². The minimum absolute atomic E-state index is 0.0133. The Kier molecular flexibility index (Phi) is 7.10. The van der Waals surface area contributed by atoms with Crippen molar-refractivity contribution in [2.75, 3.05) is 24.7 Å². The van der Waals surface area contributed by atoms with Crippen LogP contribution in [-0.2, 0) is 9.59 Å². The zero-order valence-electron chi connectivity index (χ0n) is 19.4. The van der Waals surface area contributed by atoms with Gasteiger partial charge in [-0.25, -0.2) is 4.39 Å². The molecule has 1 aliphatic rings. The molecule has 0 saturated heterocycles. The Morgan fingerprint density at radius 2 is 1.89 bits per heavy atom. The van der Waals surface area contributed by atoms with Crippen LogP contribution in [0, 0.1) is 12.7 Å². The van der Waals surface area contributed by atoms with Crippen molar-refractivity contribution in [2.45, 2.75) is 19.9 Å². The number of fused-ring (bicyclic) bond motifs is 1. The lowest BCUT2D eigenvalue weighted by Crippen LogP contribution is -2.45. The fourth-order valence-electron chi connectivity index (χ4n) is 3.75. The number of aryl methyl sites for hydroxylation is 1. The number of hydrogen-bond donors (Lipinski definition) is 1. The third-order valence-electron chi connectivity index (χ3n) is 5.65. The largest absolute Gasteiger partial charge is 0.482 e. The van der Waals surface area contributed by atoms with E-state index in [4.69, 9.17) is 9.47 Å². The monoisotopic (exact) mass is 476 g/mol. The molecule has 0 aliphatic carbocycles. The number of ketones is 1. The Balaban J connectivity index is 1.47. The van der Waals surface area contributed by atoms with Crippen LogP contribution in [0.1, 0.15) is 34.5 Å². The van der Waals surface area contributed by atoms with Crippen molar-refractivity contribution in [3.05, 3.63) is 89.2 Å². The first-order valence-electron chi connectivity index (χ1n) is 11.2. The van der Waals surface area contributed by atoms with E-state index < -0.39 is 17.5 Å². The molecule has 1 aliphatic heterocycles. The number of amides is 2. The third-order valence-corrected chi connectivity index (χ3v) is 5.65. The molecule has 4 rings (SSSR count). The molecule has 1 heterocycles. The van der Waals surface area contributed by atoms with E-state index in [0.717, 1.165) is 11.1 Å². The quantitative estimate of drug-likeness (QED) is 0.497. The summed E-state index contributed by atoms with van der Waals surface area (Å²) in [5.74, 6) is -1.35. The van der Waals surface area contributed by atoms with Crippen molar-refractivity contribution in [3.63, 3.8) is 0 Å². The third kappa shape index (κ3) is 5.66. The van der Waals surface area contributed by atoms with E-state index in [1.165, 1.54) is 23.1 Å². The summed E-state index contributed by atoms with van der Waals surface area (Å²) < 4.78 is 24.8. The van der Waals surface area contributed by atoms with E-state index in [9.17, 15) is 18.8 Å². The summed E-state index contributed by atoms with van der Waals surface area (Å²) in [5, 5.41) is 2.88. The lowest BCUT2D eigenvalue weighted by molar-refractivity contribution is -0.125. The molecule has 0 bridgehead atoms. The Morgan fingerprint density at radius 1 is 1.11 bits per heavy atom. The first-order valence-corrected chi connectivity index (χ1v) is 11.2. The van der Waals surface area contributed by atoms with Gasteiger partial charge in [-0.05, 0) is 55.3 Å². The summed E-state index contributed by atoms with van der Waals surface area (Å²) in [6.07, 6.45) is 0. The van der Waals surface area contributed by atoms with Gasteiger partial charge in [-0.2, -0.15) is 0 Å². The maximum atomic E-state index is 13.9. The number of rotatable bonds is 8. The summed E-state index contributed by atoms with van der Waals surface area (Å²) >= 11 is 0. The van der Waals surface area contributed by atoms with Gasteiger partial charge in [0, 0.05) is 5.56 Å². The summed E-state index contributed by atoms with van der Waals surface area (Å²) in [5.41, 5.74) is 2.30. The maximum Gasteiger partial charge on any atom is 0.265 e. The Morgan fingerprint density at radius 3 is 2.66 bits per heavy atom. The predicted molar refractivity (Wildman–Crippen MR) is 128 cm³/mol. The Hall–Kier alpha value is -4.20. The molecule has 1 atom stereocenters. The van der Waals surface area contributed by atoms with Crippen LogP contribution in [0.15, 0.2) is 66.7 Å². The van der Waals surface area contributed by atoms with Gasteiger partial charge in [0.2, 0.25) is 5.91 Å². The number of ether oxygens (including phenoxy) is 2. The number of nitrogens with one attached hydrogen (secondary N) is 1. The van der Waals surface area contributed by atoms with Gasteiger partial charge in [-0.1, -0.05) is 36.4 Å². The lowest BCUT2D eigenvalue weighted by Gasteiger charge is -2.29. The summed E-state index contributed by atoms with van der Waals surface area (Å²) in [4.78, 5) is 39.3. The molecule has 7 nitrogen and oxygen atoms in total. The molecule has 1 unspecified atom stereocenters. The van der Waals surface area contributed by atoms with Gasteiger partial charge in [-0.3, -0.25) is 19.3 Å². The second-order valence-electron chi connectivity index (χ2n) is 8.30. The highest BCUT2D eigenvalue weighted by atomic mass is 19.1. The molecular weight excluding hydrogens is 451 g/mol. The van der Waals surface area contributed by atoms with E-state index >= 15 is 0 Å². The van der Waals surface area contributed by atoms with Gasteiger partial charge in [-0.15, -0.1) is 0 Å². The molecule has 0 aromatic heterocycles. The van der Waals surface area contributed by atoms with E-state index in [-0.39, 0.29) is 43.0 Å². The Labute approximate surface area is 202 Å². The molecule has 35 heavy (non-hydrogen) atoms. The highest BCUT2D eigenvalue weighted by Crippen LogP contribution is 2.33. The van der Waals surface area contributed by atoms with Crippen LogP contribution >= 0.6 is 0 Å². The molecular formula is C27H25FN2O5. The minimum Gasteiger partial charge on any atom is -0.482 e. The van der Waals surface area contributed by atoms with Crippen molar-refractivity contribution < 1.29 is 28.2 Å². The number of anilines is 1. The SMILES string of the molecule is Cc1ccc(F)c(OCC(=O)c2ccc3c(c2)N(CC(=O)NC(C)c2ccccc2)C(=O)CO3)c1. The van der Waals surface area contributed by atoms with Gasteiger partial charge in [0.1, 0.15) is 12.3 Å². The number of Topliss-reactive ketones (excluding diaryl/α,β-unsaturated/α-hetero) is 1. The van der Waals surface area contributed by atoms with E-state index in [0.29, 0.717) is 11.4 Å². The molecule has 8 heteroatoms. The van der Waals surface area contributed by atoms with Gasteiger partial charge >= 0.3 is 0 Å². The molecule has 0 spiro atoms. The molecule has 0 radical (unpaired) electrons.